The molecular formula is C16H20BrFN2S. The maximum Gasteiger partial charge on any atom is 0.126 e. The van der Waals surface area contributed by atoms with Crippen molar-refractivity contribution in [2.75, 3.05) is 13.6 Å². The molecule has 0 fully saturated rings. The zero-order valence-corrected chi connectivity index (χ0v) is 14.7. The lowest BCUT2D eigenvalue weighted by Gasteiger charge is -2.38. The maximum atomic E-state index is 13.9. The monoisotopic (exact) mass is 370 g/mol. The van der Waals surface area contributed by atoms with Crippen LogP contribution in [-0.4, -0.2) is 24.0 Å². The van der Waals surface area contributed by atoms with E-state index in [1.54, 1.807) is 17.4 Å². The summed E-state index contributed by atoms with van der Waals surface area (Å²) in [7, 11) is 2.04. The molecule has 0 spiro atoms. The Bertz CT molecular complexity index is 601. The highest BCUT2D eigenvalue weighted by Crippen LogP contribution is 2.26. The second-order valence-corrected chi connectivity index (χ2v) is 7.47. The molecule has 1 aromatic carbocycles. The van der Waals surface area contributed by atoms with Gasteiger partial charge in [0.1, 0.15) is 5.82 Å². The smallest absolute Gasteiger partial charge is 0.126 e. The van der Waals surface area contributed by atoms with Crippen molar-refractivity contribution in [3.05, 3.63) is 56.4 Å². The minimum absolute atomic E-state index is 0.163. The summed E-state index contributed by atoms with van der Waals surface area (Å²) in [5.74, 6) is -0.163. The lowest BCUT2D eigenvalue weighted by molar-refractivity contribution is 0.136. The van der Waals surface area contributed by atoms with Gasteiger partial charge < -0.3 is 5.73 Å². The van der Waals surface area contributed by atoms with Gasteiger partial charge in [0.15, 0.2) is 0 Å². The maximum absolute atomic E-state index is 13.9. The van der Waals surface area contributed by atoms with Crippen LogP contribution in [0.4, 0.5) is 4.39 Å². The molecule has 0 amide bonds. The van der Waals surface area contributed by atoms with Crippen molar-refractivity contribution >= 4 is 27.3 Å². The molecule has 2 rings (SSSR count). The summed E-state index contributed by atoms with van der Waals surface area (Å²) < 4.78 is 15.0. The van der Waals surface area contributed by atoms with Crippen LogP contribution in [0.1, 0.15) is 17.4 Å². The average molecular weight is 371 g/mol. The number of hydrogen-bond donors (Lipinski definition) is 1. The molecular weight excluding hydrogens is 351 g/mol. The molecule has 0 bridgehead atoms. The molecule has 0 saturated carbocycles. The highest BCUT2D eigenvalue weighted by atomic mass is 79.9. The average Bonchev–Trinajstić information content (AvgIpc) is 2.86. The fourth-order valence-corrected chi connectivity index (χ4v) is 3.78. The molecule has 2 N–H and O–H groups in total. The number of rotatable bonds is 6. The molecule has 0 saturated heterocycles. The molecule has 1 unspecified atom stereocenters. The van der Waals surface area contributed by atoms with E-state index in [0.29, 0.717) is 18.5 Å². The van der Waals surface area contributed by atoms with E-state index in [9.17, 15) is 4.39 Å². The van der Waals surface area contributed by atoms with Crippen molar-refractivity contribution in [3.63, 3.8) is 0 Å². The molecule has 1 aromatic heterocycles. The topological polar surface area (TPSA) is 29.3 Å². The van der Waals surface area contributed by atoms with Gasteiger partial charge in [0, 0.05) is 33.4 Å². The van der Waals surface area contributed by atoms with Crippen molar-refractivity contribution < 1.29 is 4.39 Å². The first kappa shape index (κ1) is 16.6. The van der Waals surface area contributed by atoms with E-state index in [0.717, 1.165) is 11.0 Å². The number of benzene rings is 1. The summed E-state index contributed by atoms with van der Waals surface area (Å²) in [6.45, 7) is 3.37. The molecule has 1 atom stereocenters. The Hall–Kier alpha value is -0.750. The third-order valence-electron chi connectivity index (χ3n) is 3.91. The summed E-state index contributed by atoms with van der Waals surface area (Å²) in [6, 6.07) is 9.03. The van der Waals surface area contributed by atoms with E-state index in [2.05, 4.69) is 39.2 Å². The van der Waals surface area contributed by atoms with Crippen molar-refractivity contribution in [2.45, 2.75) is 25.4 Å². The molecule has 0 aliphatic heterocycles. The van der Waals surface area contributed by atoms with Crippen LogP contribution in [0.5, 0.6) is 0 Å². The first-order chi connectivity index (χ1) is 9.94. The first-order valence-electron chi connectivity index (χ1n) is 6.82. The number of nitrogens with two attached hydrogens (primary N) is 1. The Labute approximate surface area is 137 Å². The van der Waals surface area contributed by atoms with Gasteiger partial charge in [-0.3, -0.25) is 4.90 Å². The van der Waals surface area contributed by atoms with Crippen molar-refractivity contribution in [2.24, 2.45) is 5.73 Å². The summed E-state index contributed by atoms with van der Waals surface area (Å²) in [5.41, 5.74) is 6.43. The molecule has 1 heterocycles. The fraction of sp³-hybridized carbons (Fsp3) is 0.375. The van der Waals surface area contributed by atoms with Gasteiger partial charge in [-0.1, -0.05) is 18.2 Å². The minimum atomic E-state index is -0.279. The van der Waals surface area contributed by atoms with E-state index in [1.165, 1.54) is 10.9 Å². The number of thiophene rings is 1. The van der Waals surface area contributed by atoms with Crippen LogP contribution in [0.25, 0.3) is 0 Å². The van der Waals surface area contributed by atoms with Gasteiger partial charge in [-0.05, 0) is 54.0 Å². The highest BCUT2D eigenvalue weighted by Gasteiger charge is 2.29. The standard InChI is InChI=1S/C16H20BrFN2S/c1-16(11-19,8-12-5-3-4-6-15(12)18)20(2)9-14-7-13(17)10-21-14/h3-7,10H,8-9,11,19H2,1-2H3. The van der Waals surface area contributed by atoms with Crippen LogP contribution in [0.15, 0.2) is 40.2 Å². The molecule has 0 radical (unpaired) electrons. The molecule has 0 aliphatic rings. The summed E-state index contributed by atoms with van der Waals surface area (Å²) in [4.78, 5) is 3.47. The van der Waals surface area contributed by atoms with E-state index in [-0.39, 0.29) is 11.4 Å². The van der Waals surface area contributed by atoms with Crippen LogP contribution in [0.2, 0.25) is 0 Å². The second kappa shape index (κ2) is 7.01. The van der Waals surface area contributed by atoms with E-state index >= 15 is 0 Å². The van der Waals surface area contributed by atoms with Crippen molar-refractivity contribution in [1.82, 2.24) is 4.90 Å². The predicted octanol–water partition coefficient (Wildman–Crippen LogP) is 4.04. The highest BCUT2D eigenvalue weighted by molar-refractivity contribution is 9.10. The SMILES string of the molecule is CN(Cc1cc(Br)cs1)C(C)(CN)Cc1ccccc1F. The molecule has 5 heteroatoms. The molecule has 2 nitrogen and oxygen atoms in total. The van der Waals surface area contributed by atoms with Crippen molar-refractivity contribution in [3.8, 4) is 0 Å². The number of hydrogen-bond acceptors (Lipinski definition) is 3. The number of likely N-dealkylation sites (N-methyl/N-ethyl adjacent to an activating group) is 1. The Kier molecular flexibility index (Phi) is 5.54. The lowest BCUT2D eigenvalue weighted by Crippen LogP contribution is -2.51. The predicted molar refractivity (Wildman–Crippen MR) is 91.0 cm³/mol. The van der Waals surface area contributed by atoms with Crippen LogP contribution in [-0.2, 0) is 13.0 Å². The fourth-order valence-electron chi connectivity index (χ4n) is 2.28. The van der Waals surface area contributed by atoms with Gasteiger partial charge >= 0.3 is 0 Å². The first-order valence-corrected chi connectivity index (χ1v) is 8.49. The Morgan fingerprint density at radius 3 is 2.67 bits per heavy atom. The molecule has 114 valence electrons. The zero-order chi connectivity index (χ0) is 15.5. The molecule has 21 heavy (non-hydrogen) atoms. The van der Waals surface area contributed by atoms with Crippen LogP contribution in [0.3, 0.4) is 0 Å². The normalized spacial score (nSPS) is 14.4. The van der Waals surface area contributed by atoms with Crippen molar-refractivity contribution in [1.29, 1.82) is 0 Å². The summed E-state index contributed by atoms with van der Waals surface area (Å²) in [5, 5.41) is 2.07. The minimum Gasteiger partial charge on any atom is -0.329 e. The van der Waals surface area contributed by atoms with Crippen LogP contribution >= 0.6 is 27.3 Å². The second-order valence-electron chi connectivity index (χ2n) is 5.56. The van der Waals surface area contributed by atoms with Gasteiger partial charge in [0.25, 0.3) is 0 Å². The van der Waals surface area contributed by atoms with Crippen LogP contribution < -0.4 is 5.73 Å². The largest absolute Gasteiger partial charge is 0.329 e. The third kappa shape index (κ3) is 4.13. The van der Waals surface area contributed by atoms with Gasteiger partial charge in [-0.2, -0.15) is 0 Å². The number of halogens is 2. The molecule has 0 aliphatic carbocycles. The summed E-state index contributed by atoms with van der Waals surface area (Å²) in [6.07, 6.45) is 0.596. The zero-order valence-electron chi connectivity index (χ0n) is 12.3. The third-order valence-corrected chi connectivity index (χ3v) is 5.59. The Morgan fingerprint density at radius 1 is 1.38 bits per heavy atom. The van der Waals surface area contributed by atoms with E-state index in [4.69, 9.17) is 5.73 Å². The molecule has 2 aromatic rings. The number of nitrogens with zero attached hydrogens (tertiary/aromatic N) is 1. The van der Waals surface area contributed by atoms with E-state index in [1.807, 2.05) is 19.2 Å². The lowest BCUT2D eigenvalue weighted by atomic mass is 9.91. The Morgan fingerprint density at radius 2 is 2.10 bits per heavy atom. The Balaban J connectivity index is 2.14. The van der Waals surface area contributed by atoms with E-state index < -0.39 is 0 Å². The van der Waals surface area contributed by atoms with Gasteiger partial charge in [-0.15, -0.1) is 11.3 Å². The van der Waals surface area contributed by atoms with Crippen LogP contribution in [0, 0.1) is 5.82 Å². The van der Waals surface area contributed by atoms with Gasteiger partial charge in [-0.25, -0.2) is 4.39 Å². The van der Waals surface area contributed by atoms with Gasteiger partial charge in [0.05, 0.1) is 0 Å². The summed E-state index contributed by atoms with van der Waals surface area (Å²) >= 11 is 5.18. The van der Waals surface area contributed by atoms with Gasteiger partial charge in [0.2, 0.25) is 0 Å². The quantitative estimate of drug-likeness (QED) is 0.831.